The zero-order valence-electron chi connectivity index (χ0n) is 13.0. The maximum Gasteiger partial charge on any atom is 0.217 e. The molecule has 2 aliphatic heterocycles. The number of nitrogens with two attached hydrogens (primary N) is 1. The third-order valence-corrected chi connectivity index (χ3v) is 6.87. The summed E-state index contributed by atoms with van der Waals surface area (Å²) < 4.78 is 32.4. The molecule has 1 unspecified atom stereocenters. The van der Waals surface area contributed by atoms with Gasteiger partial charge in [0.05, 0.1) is 5.25 Å². The first kappa shape index (κ1) is 17.1. The van der Waals surface area contributed by atoms with E-state index >= 15 is 0 Å². The van der Waals surface area contributed by atoms with Gasteiger partial charge < -0.3 is 15.4 Å². The molecule has 0 amide bonds. The molecule has 2 N–H and O–H groups in total. The van der Waals surface area contributed by atoms with Gasteiger partial charge in [-0.3, -0.25) is 0 Å². The molecule has 21 heavy (non-hydrogen) atoms. The van der Waals surface area contributed by atoms with E-state index in [-0.39, 0.29) is 5.25 Å². The minimum Gasteiger partial charge on any atom is -0.381 e. The lowest BCUT2D eigenvalue weighted by Crippen LogP contribution is -2.43. The van der Waals surface area contributed by atoms with E-state index in [1.807, 2.05) is 0 Å². The van der Waals surface area contributed by atoms with E-state index < -0.39 is 10.0 Å². The third-order valence-electron chi connectivity index (χ3n) is 4.47. The predicted octanol–water partition coefficient (Wildman–Crippen LogP) is 0.0977. The molecule has 0 spiro atoms. The average Bonchev–Trinajstić information content (AvgIpc) is 2.74. The summed E-state index contributed by atoms with van der Waals surface area (Å²) in [6.45, 7) is 7.94. The van der Waals surface area contributed by atoms with Gasteiger partial charge in [0.25, 0.3) is 0 Å². The summed E-state index contributed by atoms with van der Waals surface area (Å²) in [5, 5.41) is -0.249. The van der Waals surface area contributed by atoms with Crippen LogP contribution in [0.3, 0.4) is 0 Å². The van der Waals surface area contributed by atoms with Crippen LogP contribution in [0.15, 0.2) is 0 Å². The van der Waals surface area contributed by atoms with Gasteiger partial charge in [-0.25, -0.2) is 12.7 Å². The van der Waals surface area contributed by atoms with Gasteiger partial charge in [0, 0.05) is 39.4 Å². The first-order chi connectivity index (χ1) is 10.0. The van der Waals surface area contributed by atoms with Crippen LogP contribution < -0.4 is 5.73 Å². The highest BCUT2D eigenvalue weighted by Crippen LogP contribution is 2.21. The van der Waals surface area contributed by atoms with Crippen molar-refractivity contribution < 1.29 is 13.2 Å². The van der Waals surface area contributed by atoms with Gasteiger partial charge in [0.1, 0.15) is 0 Å². The van der Waals surface area contributed by atoms with Crippen LogP contribution in [0.25, 0.3) is 0 Å². The molecular formula is C14H29N3O3S. The van der Waals surface area contributed by atoms with Crippen LogP contribution in [0.5, 0.6) is 0 Å². The lowest BCUT2D eigenvalue weighted by Gasteiger charge is -2.29. The number of rotatable bonds is 5. The highest BCUT2D eigenvalue weighted by atomic mass is 32.2. The van der Waals surface area contributed by atoms with Crippen molar-refractivity contribution in [2.24, 2.45) is 11.7 Å². The standard InChI is InChI=1S/C14H29N3O3S/c1-13(11-15)12-16-5-2-6-17(8-7-16)21(18,19)14-3-9-20-10-4-14/h13-14H,2-12,15H2,1H3. The summed E-state index contributed by atoms with van der Waals surface area (Å²) >= 11 is 0. The molecule has 0 bridgehead atoms. The van der Waals surface area contributed by atoms with Gasteiger partial charge in [-0.15, -0.1) is 0 Å². The number of nitrogens with zero attached hydrogens (tertiary/aromatic N) is 2. The van der Waals surface area contributed by atoms with Crippen LogP contribution in [0.1, 0.15) is 26.2 Å². The average molecular weight is 319 g/mol. The van der Waals surface area contributed by atoms with Crippen LogP contribution in [-0.4, -0.2) is 75.4 Å². The monoisotopic (exact) mass is 319 g/mol. The predicted molar refractivity (Wildman–Crippen MR) is 83.6 cm³/mol. The minimum atomic E-state index is -3.16. The molecule has 7 heteroatoms. The van der Waals surface area contributed by atoms with Gasteiger partial charge in [-0.05, 0) is 38.3 Å². The molecular weight excluding hydrogens is 290 g/mol. The van der Waals surface area contributed by atoms with E-state index in [1.165, 1.54) is 0 Å². The van der Waals surface area contributed by atoms with E-state index in [2.05, 4.69) is 11.8 Å². The Kier molecular flexibility index (Phi) is 6.43. The molecule has 0 aromatic rings. The Labute approximate surface area is 128 Å². The maximum atomic E-state index is 12.7. The van der Waals surface area contributed by atoms with E-state index in [0.29, 0.717) is 51.6 Å². The summed E-state index contributed by atoms with van der Waals surface area (Å²) in [7, 11) is -3.16. The second-order valence-electron chi connectivity index (χ2n) is 6.25. The maximum absolute atomic E-state index is 12.7. The Morgan fingerprint density at radius 3 is 2.57 bits per heavy atom. The number of hydrogen-bond donors (Lipinski definition) is 1. The Morgan fingerprint density at radius 2 is 1.90 bits per heavy atom. The van der Waals surface area contributed by atoms with E-state index in [0.717, 1.165) is 26.1 Å². The van der Waals surface area contributed by atoms with Crippen molar-refractivity contribution in [3.8, 4) is 0 Å². The summed E-state index contributed by atoms with van der Waals surface area (Å²) in [4.78, 5) is 2.34. The summed E-state index contributed by atoms with van der Waals surface area (Å²) in [5.74, 6) is 0.462. The van der Waals surface area contributed by atoms with Crippen molar-refractivity contribution in [1.82, 2.24) is 9.21 Å². The fourth-order valence-electron chi connectivity index (χ4n) is 3.08. The van der Waals surface area contributed by atoms with Crippen LogP contribution >= 0.6 is 0 Å². The van der Waals surface area contributed by atoms with Crippen molar-refractivity contribution in [2.75, 3.05) is 52.5 Å². The lowest BCUT2D eigenvalue weighted by molar-refractivity contribution is 0.0972. The largest absolute Gasteiger partial charge is 0.381 e. The van der Waals surface area contributed by atoms with Crippen molar-refractivity contribution in [3.63, 3.8) is 0 Å². The van der Waals surface area contributed by atoms with Gasteiger partial charge >= 0.3 is 0 Å². The Morgan fingerprint density at radius 1 is 1.19 bits per heavy atom. The molecule has 6 nitrogen and oxygen atoms in total. The quantitative estimate of drug-likeness (QED) is 0.778. The Hall–Kier alpha value is -0.210. The van der Waals surface area contributed by atoms with Crippen LogP contribution in [0.2, 0.25) is 0 Å². The molecule has 0 aliphatic carbocycles. The molecule has 1 atom stereocenters. The Bertz CT molecular complexity index is 410. The fourth-order valence-corrected chi connectivity index (χ4v) is 5.01. The molecule has 2 rings (SSSR count). The molecule has 0 aromatic heterocycles. The first-order valence-electron chi connectivity index (χ1n) is 8.03. The lowest BCUT2D eigenvalue weighted by atomic mass is 10.1. The molecule has 124 valence electrons. The van der Waals surface area contributed by atoms with Gasteiger partial charge in [0.15, 0.2) is 0 Å². The molecule has 2 aliphatic rings. The van der Waals surface area contributed by atoms with Crippen molar-refractivity contribution in [1.29, 1.82) is 0 Å². The van der Waals surface area contributed by atoms with Crippen molar-refractivity contribution >= 4 is 10.0 Å². The molecule has 2 saturated heterocycles. The zero-order chi connectivity index (χ0) is 15.3. The minimum absolute atomic E-state index is 0.249. The second kappa shape index (κ2) is 7.87. The highest BCUT2D eigenvalue weighted by Gasteiger charge is 2.34. The Balaban J connectivity index is 1.92. The van der Waals surface area contributed by atoms with Crippen LogP contribution in [0.4, 0.5) is 0 Å². The van der Waals surface area contributed by atoms with Gasteiger partial charge in [0.2, 0.25) is 10.0 Å². The van der Waals surface area contributed by atoms with Crippen molar-refractivity contribution in [3.05, 3.63) is 0 Å². The number of hydrogen-bond acceptors (Lipinski definition) is 5. The fraction of sp³-hybridized carbons (Fsp3) is 1.00. The van der Waals surface area contributed by atoms with E-state index in [4.69, 9.17) is 10.5 Å². The van der Waals surface area contributed by atoms with Crippen LogP contribution in [0, 0.1) is 5.92 Å². The molecule has 2 fully saturated rings. The van der Waals surface area contributed by atoms with Gasteiger partial charge in [-0.1, -0.05) is 6.92 Å². The van der Waals surface area contributed by atoms with E-state index in [9.17, 15) is 8.42 Å². The summed E-state index contributed by atoms with van der Waals surface area (Å²) in [5.41, 5.74) is 5.68. The zero-order valence-corrected chi connectivity index (χ0v) is 13.9. The van der Waals surface area contributed by atoms with Crippen LogP contribution in [-0.2, 0) is 14.8 Å². The van der Waals surface area contributed by atoms with Crippen molar-refractivity contribution in [2.45, 2.75) is 31.4 Å². The smallest absolute Gasteiger partial charge is 0.217 e. The number of ether oxygens (including phenoxy) is 1. The van der Waals surface area contributed by atoms with E-state index in [1.54, 1.807) is 4.31 Å². The second-order valence-corrected chi connectivity index (χ2v) is 8.46. The first-order valence-corrected chi connectivity index (χ1v) is 9.53. The normalized spacial score (nSPS) is 25.6. The highest BCUT2D eigenvalue weighted by molar-refractivity contribution is 7.89. The summed E-state index contributed by atoms with van der Waals surface area (Å²) in [6.07, 6.45) is 2.17. The molecule has 2 heterocycles. The van der Waals surface area contributed by atoms with Gasteiger partial charge in [-0.2, -0.15) is 0 Å². The number of sulfonamides is 1. The molecule has 0 saturated carbocycles. The molecule has 0 radical (unpaired) electrons. The molecule has 0 aromatic carbocycles. The summed E-state index contributed by atoms with van der Waals surface area (Å²) in [6, 6.07) is 0. The third kappa shape index (κ3) is 4.63. The topological polar surface area (TPSA) is 75.9 Å². The SMILES string of the molecule is CC(CN)CN1CCCN(S(=O)(=O)C2CCOCC2)CC1.